The molecule has 1 aromatic rings. The molecule has 7 nitrogen and oxygen atoms in total. The quantitative estimate of drug-likeness (QED) is 0.663. The van der Waals surface area contributed by atoms with Crippen molar-refractivity contribution in [3.63, 3.8) is 0 Å². The van der Waals surface area contributed by atoms with E-state index in [2.05, 4.69) is 11.4 Å². The van der Waals surface area contributed by atoms with Gasteiger partial charge >= 0.3 is 11.9 Å². The van der Waals surface area contributed by atoms with Crippen LogP contribution in [0.2, 0.25) is 0 Å². The number of carboxylic acids is 2. The monoisotopic (exact) mass is 391 g/mol. The summed E-state index contributed by atoms with van der Waals surface area (Å²) in [7, 11) is 3.44. The lowest BCUT2D eigenvalue weighted by molar-refractivity contribution is -0.159. The van der Waals surface area contributed by atoms with Crippen LogP contribution in [-0.4, -0.2) is 41.9 Å². The molecule has 0 spiro atoms. The maximum Gasteiger partial charge on any atom is 0.414 e. The van der Waals surface area contributed by atoms with Crippen LogP contribution in [0.25, 0.3) is 0 Å². The Hall–Kier alpha value is -2.28. The molecule has 4 aliphatic rings. The van der Waals surface area contributed by atoms with Crippen molar-refractivity contribution in [2.75, 3.05) is 14.2 Å². The van der Waals surface area contributed by atoms with Crippen molar-refractivity contribution in [2.45, 2.75) is 50.6 Å². The molecule has 5 rings (SSSR count). The van der Waals surface area contributed by atoms with E-state index in [9.17, 15) is 0 Å². The van der Waals surface area contributed by atoms with Gasteiger partial charge < -0.3 is 25.0 Å². The smallest absolute Gasteiger partial charge is 0.414 e. The molecule has 0 unspecified atom stereocenters. The first-order chi connectivity index (χ1) is 13.3. The largest absolute Gasteiger partial charge is 0.497 e. The summed E-state index contributed by atoms with van der Waals surface area (Å²) in [6, 6.07) is 6.14. The molecule has 28 heavy (non-hydrogen) atoms. The van der Waals surface area contributed by atoms with Gasteiger partial charge in [0.1, 0.15) is 11.5 Å². The number of ether oxygens (including phenoxy) is 2. The minimum atomic E-state index is -1.82. The van der Waals surface area contributed by atoms with E-state index >= 15 is 0 Å². The first kappa shape index (κ1) is 20.5. The third-order valence-corrected chi connectivity index (χ3v) is 6.37. The van der Waals surface area contributed by atoms with Gasteiger partial charge in [0.15, 0.2) is 0 Å². The zero-order chi connectivity index (χ0) is 20.3. The number of carbonyl (C=O) groups is 2. The molecule has 0 aliphatic heterocycles. The predicted molar refractivity (Wildman–Crippen MR) is 103 cm³/mol. The number of carboxylic acid groups (broad SMARTS) is 2. The van der Waals surface area contributed by atoms with Gasteiger partial charge in [0.05, 0.1) is 14.2 Å². The van der Waals surface area contributed by atoms with Crippen LogP contribution in [0.5, 0.6) is 11.5 Å². The van der Waals surface area contributed by atoms with E-state index in [1.54, 1.807) is 14.2 Å². The number of hydrogen-bond donors (Lipinski definition) is 3. The standard InChI is InChI=1S/C19H27NO2.C2H2O4/c1-21-17-4-3-16(18(8-17)22-2)12-20-19-9-13-5-14(10-19)7-15(6-13)11-19;3-1(4)2(5)6/h3-4,8,13-15,20H,5-7,9-12H2,1-2H3;(H,3,4)(H,5,6). The lowest BCUT2D eigenvalue weighted by Crippen LogP contribution is -2.58. The molecule has 0 aromatic heterocycles. The molecule has 0 heterocycles. The predicted octanol–water partition coefficient (Wildman–Crippen LogP) is 2.92. The van der Waals surface area contributed by atoms with Gasteiger partial charge in [-0.05, 0) is 62.3 Å². The van der Waals surface area contributed by atoms with Gasteiger partial charge in [-0.1, -0.05) is 6.07 Å². The topological polar surface area (TPSA) is 105 Å². The first-order valence-corrected chi connectivity index (χ1v) is 9.76. The Labute approximate surface area is 165 Å². The Kier molecular flexibility index (Phi) is 6.13. The van der Waals surface area contributed by atoms with Crippen molar-refractivity contribution >= 4 is 11.9 Å². The lowest BCUT2D eigenvalue weighted by Gasteiger charge is -2.57. The van der Waals surface area contributed by atoms with E-state index in [-0.39, 0.29) is 0 Å². The van der Waals surface area contributed by atoms with Gasteiger partial charge in [-0.3, -0.25) is 0 Å². The highest BCUT2D eigenvalue weighted by Gasteiger charge is 2.50. The second kappa shape index (κ2) is 8.39. The molecule has 3 N–H and O–H groups in total. The molecule has 0 amide bonds. The number of nitrogens with one attached hydrogen (secondary N) is 1. The van der Waals surface area contributed by atoms with Crippen LogP contribution in [0.1, 0.15) is 44.1 Å². The SMILES string of the molecule is COc1ccc(CNC23CC4CC(CC(C4)C2)C3)c(OC)c1.O=C(O)C(=O)O. The van der Waals surface area contributed by atoms with Crippen molar-refractivity contribution in [1.29, 1.82) is 0 Å². The van der Waals surface area contributed by atoms with Crippen LogP contribution >= 0.6 is 0 Å². The van der Waals surface area contributed by atoms with Crippen LogP contribution in [0.15, 0.2) is 18.2 Å². The van der Waals surface area contributed by atoms with Crippen molar-refractivity contribution < 1.29 is 29.3 Å². The highest BCUT2D eigenvalue weighted by Crippen LogP contribution is 2.55. The van der Waals surface area contributed by atoms with E-state index in [1.807, 2.05) is 12.1 Å². The fourth-order valence-electron chi connectivity index (χ4n) is 5.61. The van der Waals surface area contributed by atoms with Gasteiger partial charge in [-0.2, -0.15) is 0 Å². The van der Waals surface area contributed by atoms with Gasteiger partial charge in [0.25, 0.3) is 0 Å². The zero-order valence-electron chi connectivity index (χ0n) is 16.4. The van der Waals surface area contributed by atoms with E-state index in [0.717, 1.165) is 35.8 Å². The van der Waals surface area contributed by atoms with E-state index in [1.165, 1.54) is 44.1 Å². The second-order valence-corrected chi connectivity index (χ2v) is 8.34. The van der Waals surface area contributed by atoms with Crippen LogP contribution in [0.3, 0.4) is 0 Å². The summed E-state index contributed by atoms with van der Waals surface area (Å²) in [6.45, 7) is 0.902. The summed E-state index contributed by atoms with van der Waals surface area (Å²) in [5.41, 5.74) is 1.64. The summed E-state index contributed by atoms with van der Waals surface area (Å²) in [5, 5.41) is 18.7. The Bertz CT molecular complexity index is 684. The zero-order valence-corrected chi connectivity index (χ0v) is 16.4. The summed E-state index contributed by atoms with van der Waals surface area (Å²) in [5.74, 6) is 1.08. The minimum Gasteiger partial charge on any atom is -0.497 e. The number of methoxy groups -OCH3 is 2. The number of hydrogen-bond acceptors (Lipinski definition) is 5. The molecule has 4 fully saturated rings. The number of aliphatic carboxylic acids is 2. The molecular weight excluding hydrogens is 362 g/mol. The average Bonchev–Trinajstić information content (AvgIpc) is 2.65. The Morgan fingerprint density at radius 3 is 1.96 bits per heavy atom. The molecule has 4 saturated carbocycles. The third-order valence-electron chi connectivity index (χ3n) is 6.37. The van der Waals surface area contributed by atoms with Crippen LogP contribution < -0.4 is 14.8 Å². The molecule has 0 radical (unpaired) electrons. The normalized spacial score (nSPS) is 29.6. The van der Waals surface area contributed by atoms with Crippen LogP contribution in [-0.2, 0) is 16.1 Å². The molecule has 7 heteroatoms. The Balaban J connectivity index is 0.000000330. The summed E-state index contributed by atoms with van der Waals surface area (Å²) in [4.78, 5) is 18.2. The average molecular weight is 391 g/mol. The lowest BCUT2D eigenvalue weighted by atomic mass is 9.53. The number of rotatable bonds is 5. The van der Waals surface area contributed by atoms with Crippen LogP contribution in [0.4, 0.5) is 0 Å². The number of benzene rings is 1. The maximum absolute atomic E-state index is 9.10. The van der Waals surface area contributed by atoms with Gasteiger partial charge in [0, 0.05) is 23.7 Å². The summed E-state index contributed by atoms with van der Waals surface area (Å²) >= 11 is 0. The molecule has 0 saturated heterocycles. The molecular formula is C21H29NO6. The summed E-state index contributed by atoms with van der Waals surface area (Å²) in [6.07, 6.45) is 8.64. The van der Waals surface area contributed by atoms with Crippen molar-refractivity contribution in [3.05, 3.63) is 23.8 Å². The fraction of sp³-hybridized carbons (Fsp3) is 0.619. The Morgan fingerprint density at radius 1 is 1.00 bits per heavy atom. The second-order valence-electron chi connectivity index (χ2n) is 8.34. The van der Waals surface area contributed by atoms with Crippen molar-refractivity contribution in [2.24, 2.45) is 17.8 Å². The Morgan fingerprint density at radius 2 is 1.54 bits per heavy atom. The van der Waals surface area contributed by atoms with Gasteiger partial charge in [-0.15, -0.1) is 0 Å². The minimum absolute atomic E-state index is 0.402. The van der Waals surface area contributed by atoms with Crippen LogP contribution in [0, 0.1) is 17.8 Å². The maximum atomic E-state index is 9.10. The first-order valence-electron chi connectivity index (χ1n) is 9.76. The highest BCUT2D eigenvalue weighted by molar-refractivity contribution is 6.27. The van der Waals surface area contributed by atoms with Gasteiger partial charge in [0.2, 0.25) is 0 Å². The van der Waals surface area contributed by atoms with E-state index < -0.39 is 11.9 Å². The van der Waals surface area contributed by atoms with Crippen molar-refractivity contribution in [3.8, 4) is 11.5 Å². The molecule has 4 bridgehead atoms. The molecule has 154 valence electrons. The molecule has 4 aliphatic carbocycles. The van der Waals surface area contributed by atoms with E-state index in [4.69, 9.17) is 29.3 Å². The fourth-order valence-corrected chi connectivity index (χ4v) is 5.61. The highest BCUT2D eigenvalue weighted by atomic mass is 16.5. The molecule has 1 aromatic carbocycles. The summed E-state index contributed by atoms with van der Waals surface area (Å²) < 4.78 is 10.8. The van der Waals surface area contributed by atoms with Gasteiger partial charge in [-0.25, -0.2) is 9.59 Å². The third kappa shape index (κ3) is 4.58. The molecule has 0 atom stereocenters. The van der Waals surface area contributed by atoms with E-state index in [0.29, 0.717) is 5.54 Å². The van der Waals surface area contributed by atoms with Crippen molar-refractivity contribution in [1.82, 2.24) is 5.32 Å².